The number of likely N-dealkylation sites (N-methyl/N-ethyl adjacent to an activating group) is 1. The highest BCUT2D eigenvalue weighted by Gasteiger charge is 2.36. The first-order valence-corrected chi connectivity index (χ1v) is 7.14. The third-order valence-corrected chi connectivity index (χ3v) is 3.58. The molecule has 1 aromatic carbocycles. The fourth-order valence-corrected chi connectivity index (χ4v) is 2.30. The summed E-state index contributed by atoms with van der Waals surface area (Å²) in [6, 6.07) is 5.93. The number of nitrogens with one attached hydrogen (secondary N) is 1. The normalized spacial score (nSPS) is 15.5. The van der Waals surface area contributed by atoms with E-state index < -0.39 is 29.9 Å². The second kappa shape index (κ2) is 8.06. The van der Waals surface area contributed by atoms with Crippen molar-refractivity contribution >= 4 is 23.8 Å². The van der Waals surface area contributed by atoms with Gasteiger partial charge in [0.25, 0.3) is 0 Å². The van der Waals surface area contributed by atoms with E-state index in [1.807, 2.05) is 0 Å². The van der Waals surface area contributed by atoms with Gasteiger partial charge in [0.2, 0.25) is 0 Å². The van der Waals surface area contributed by atoms with Crippen LogP contribution < -0.4 is 5.32 Å². The maximum absolute atomic E-state index is 12.2. The topological polar surface area (TPSA) is 139 Å². The Balaban J connectivity index is 0.00000288. The van der Waals surface area contributed by atoms with Gasteiger partial charge in [0.05, 0.1) is 0 Å². The standard InChI is InChI=1S/C15H17N3O5.H2O/c1-2-17-8-9-18(13(20)12(17)19)15(23)16-11(14(21)22)10-6-4-3-5-7-10;/h3-7,11H,2,8-9H2,1H3,(H,16,23)(H,21,22);1H2. The maximum atomic E-state index is 12.2. The van der Waals surface area contributed by atoms with E-state index in [4.69, 9.17) is 0 Å². The molecule has 1 unspecified atom stereocenters. The molecule has 1 saturated heterocycles. The van der Waals surface area contributed by atoms with Gasteiger partial charge >= 0.3 is 23.8 Å². The number of carboxylic acids is 1. The number of piperazine rings is 1. The van der Waals surface area contributed by atoms with Gasteiger partial charge < -0.3 is 20.8 Å². The van der Waals surface area contributed by atoms with E-state index in [1.54, 1.807) is 37.3 Å². The maximum Gasteiger partial charge on any atom is 0.330 e. The third-order valence-electron chi connectivity index (χ3n) is 3.58. The van der Waals surface area contributed by atoms with Crippen LogP contribution in [-0.4, -0.2) is 63.8 Å². The fourth-order valence-electron chi connectivity index (χ4n) is 2.30. The number of hydrogen-bond acceptors (Lipinski definition) is 4. The van der Waals surface area contributed by atoms with Gasteiger partial charge in [-0.1, -0.05) is 30.3 Å². The highest BCUT2D eigenvalue weighted by molar-refractivity contribution is 6.38. The molecular weight excluding hydrogens is 318 g/mol. The molecule has 9 heteroatoms. The largest absolute Gasteiger partial charge is 0.479 e. The zero-order valence-corrected chi connectivity index (χ0v) is 13.1. The van der Waals surface area contributed by atoms with Gasteiger partial charge in [-0.15, -0.1) is 0 Å². The molecule has 1 fully saturated rings. The molecule has 0 bridgehead atoms. The van der Waals surface area contributed by atoms with E-state index in [2.05, 4.69) is 5.32 Å². The Morgan fingerprint density at radius 3 is 2.33 bits per heavy atom. The second-order valence-electron chi connectivity index (χ2n) is 4.97. The van der Waals surface area contributed by atoms with Crippen LogP contribution in [0.5, 0.6) is 0 Å². The van der Waals surface area contributed by atoms with Crippen LogP contribution in [0.2, 0.25) is 0 Å². The third kappa shape index (κ3) is 3.87. The van der Waals surface area contributed by atoms with E-state index in [0.717, 1.165) is 4.90 Å². The smallest absolute Gasteiger partial charge is 0.330 e. The van der Waals surface area contributed by atoms with E-state index in [0.29, 0.717) is 12.1 Å². The van der Waals surface area contributed by atoms with E-state index in [1.165, 1.54) is 4.90 Å². The predicted molar refractivity (Wildman–Crippen MR) is 82.9 cm³/mol. The Bertz CT molecular complexity index is 633. The summed E-state index contributed by atoms with van der Waals surface area (Å²) in [6.45, 7) is 2.38. The molecule has 1 heterocycles. The van der Waals surface area contributed by atoms with Gasteiger partial charge in [-0.3, -0.25) is 14.5 Å². The molecule has 0 saturated carbocycles. The quantitative estimate of drug-likeness (QED) is 0.706. The van der Waals surface area contributed by atoms with Gasteiger partial charge in [-0.25, -0.2) is 9.59 Å². The van der Waals surface area contributed by atoms with Crippen LogP contribution in [0.4, 0.5) is 4.79 Å². The van der Waals surface area contributed by atoms with Gasteiger partial charge in [-0.2, -0.15) is 0 Å². The lowest BCUT2D eigenvalue weighted by Gasteiger charge is -2.32. The number of carboxylic acid groups (broad SMARTS) is 1. The number of nitrogens with zero attached hydrogens (tertiary/aromatic N) is 2. The van der Waals surface area contributed by atoms with Crippen LogP contribution in [0.3, 0.4) is 0 Å². The van der Waals surface area contributed by atoms with Gasteiger partial charge in [0.1, 0.15) is 0 Å². The van der Waals surface area contributed by atoms with Crippen molar-refractivity contribution in [2.24, 2.45) is 0 Å². The first-order chi connectivity index (χ1) is 11.0. The number of carbonyl (C=O) groups excluding carboxylic acids is 3. The molecule has 1 aromatic rings. The van der Waals surface area contributed by atoms with Crippen molar-refractivity contribution in [2.75, 3.05) is 19.6 Å². The van der Waals surface area contributed by atoms with Crippen molar-refractivity contribution in [3.05, 3.63) is 35.9 Å². The number of benzene rings is 1. The average molecular weight is 337 g/mol. The number of rotatable bonds is 4. The Kier molecular flexibility index (Phi) is 6.42. The number of hydrogen-bond donors (Lipinski definition) is 2. The van der Waals surface area contributed by atoms with Crippen molar-refractivity contribution in [1.82, 2.24) is 15.1 Å². The van der Waals surface area contributed by atoms with E-state index in [9.17, 15) is 24.3 Å². The summed E-state index contributed by atoms with van der Waals surface area (Å²) in [7, 11) is 0. The Morgan fingerprint density at radius 2 is 1.79 bits per heavy atom. The highest BCUT2D eigenvalue weighted by Crippen LogP contribution is 2.14. The van der Waals surface area contributed by atoms with Crippen LogP contribution in [0, 0.1) is 0 Å². The van der Waals surface area contributed by atoms with Crippen molar-refractivity contribution < 1.29 is 29.8 Å². The summed E-state index contributed by atoms with van der Waals surface area (Å²) < 4.78 is 0. The van der Waals surface area contributed by atoms with E-state index >= 15 is 0 Å². The second-order valence-corrected chi connectivity index (χ2v) is 4.97. The summed E-state index contributed by atoms with van der Waals surface area (Å²) in [4.78, 5) is 49.4. The van der Waals surface area contributed by atoms with Crippen LogP contribution in [0.25, 0.3) is 0 Å². The number of amides is 4. The monoisotopic (exact) mass is 337 g/mol. The molecule has 1 aliphatic rings. The van der Waals surface area contributed by atoms with Crippen molar-refractivity contribution in [2.45, 2.75) is 13.0 Å². The lowest BCUT2D eigenvalue weighted by molar-refractivity contribution is -0.153. The molecule has 4 amide bonds. The number of aliphatic carboxylic acids is 1. The summed E-state index contributed by atoms with van der Waals surface area (Å²) in [5.74, 6) is -2.97. The molecule has 1 atom stereocenters. The molecular formula is C15H19N3O6. The SMILES string of the molecule is CCN1CCN(C(=O)NC(C(=O)O)c2ccccc2)C(=O)C1=O.O. The van der Waals surface area contributed by atoms with Gasteiger partial charge in [0, 0.05) is 19.6 Å². The van der Waals surface area contributed by atoms with Crippen LogP contribution >= 0.6 is 0 Å². The zero-order valence-electron chi connectivity index (χ0n) is 13.1. The molecule has 24 heavy (non-hydrogen) atoms. The lowest BCUT2D eigenvalue weighted by Crippen LogP contribution is -2.58. The van der Waals surface area contributed by atoms with Crippen LogP contribution in [0.1, 0.15) is 18.5 Å². The highest BCUT2D eigenvalue weighted by atomic mass is 16.4. The minimum Gasteiger partial charge on any atom is -0.479 e. The number of urea groups is 1. The van der Waals surface area contributed by atoms with Crippen molar-refractivity contribution in [3.8, 4) is 0 Å². The minimum atomic E-state index is -1.30. The Morgan fingerprint density at radius 1 is 1.17 bits per heavy atom. The molecule has 0 aliphatic carbocycles. The van der Waals surface area contributed by atoms with E-state index in [-0.39, 0.29) is 18.6 Å². The number of imide groups is 1. The predicted octanol–water partition coefficient (Wildman–Crippen LogP) is -0.612. The molecule has 9 nitrogen and oxygen atoms in total. The summed E-state index contributed by atoms with van der Waals surface area (Å²) >= 11 is 0. The van der Waals surface area contributed by atoms with Gasteiger partial charge in [-0.05, 0) is 12.5 Å². The van der Waals surface area contributed by atoms with Crippen molar-refractivity contribution in [1.29, 1.82) is 0 Å². The minimum absolute atomic E-state index is 0. The zero-order chi connectivity index (χ0) is 17.0. The van der Waals surface area contributed by atoms with Gasteiger partial charge in [0.15, 0.2) is 6.04 Å². The Labute approximate surface area is 138 Å². The molecule has 0 aromatic heterocycles. The summed E-state index contributed by atoms with van der Waals surface area (Å²) in [6.07, 6.45) is 0. The first-order valence-electron chi connectivity index (χ1n) is 7.14. The number of carbonyl (C=O) groups is 4. The fraction of sp³-hybridized carbons (Fsp3) is 0.333. The summed E-state index contributed by atoms with van der Waals surface area (Å²) in [5, 5.41) is 11.6. The molecule has 130 valence electrons. The average Bonchev–Trinajstić information content (AvgIpc) is 2.55. The summed E-state index contributed by atoms with van der Waals surface area (Å²) in [5.41, 5.74) is 0.374. The van der Waals surface area contributed by atoms with Crippen LogP contribution in [-0.2, 0) is 14.4 Å². The first kappa shape index (κ1) is 19.1. The van der Waals surface area contributed by atoms with Crippen molar-refractivity contribution in [3.63, 3.8) is 0 Å². The molecule has 0 radical (unpaired) electrons. The molecule has 2 rings (SSSR count). The van der Waals surface area contributed by atoms with Crippen LogP contribution in [0.15, 0.2) is 30.3 Å². The molecule has 0 spiro atoms. The molecule has 4 N–H and O–H groups in total. The lowest BCUT2D eigenvalue weighted by atomic mass is 10.1. The molecule has 1 aliphatic heterocycles. The Hall–Kier alpha value is -2.94.